The third-order valence-electron chi connectivity index (χ3n) is 3.76. The summed E-state index contributed by atoms with van der Waals surface area (Å²) in [7, 11) is 1.57. The van der Waals surface area contributed by atoms with Crippen LogP contribution in [0, 0.1) is 0 Å². The van der Waals surface area contributed by atoms with Crippen LogP contribution in [-0.4, -0.2) is 39.4 Å². The number of hydrogen-bond acceptors (Lipinski definition) is 6. The van der Waals surface area contributed by atoms with Crippen molar-refractivity contribution < 1.29 is 14.0 Å². The second-order valence-electron chi connectivity index (χ2n) is 5.52. The second-order valence-corrected chi connectivity index (χ2v) is 6.46. The molecule has 8 nitrogen and oxygen atoms in total. The number of nitrogens with one attached hydrogen (secondary N) is 2. The Bertz CT molecular complexity index is 919. The molecule has 0 aliphatic carbocycles. The van der Waals surface area contributed by atoms with Crippen molar-refractivity contribution in [2.45, 2.75) is 18.6 Å². The highest BCUT2D eigenvalue weighted by Crippen LogP contribution is 2.24. The summed E-state index contributed by atoms with van der Waals surface area (Å²) in [5.74, 6) is 1.12. The Balaban J connectivity index is 1.60. The van der Waals surface area contributed by atoms with Gasteiger partial charge in [0.15, 0.2) is 16.7 Å². The number of aromatic nitrogens is 3. The summed E-state index contributed by atoms with van der Waals surface area (Å²) in [6.07, 6.45) is 1.58. The van der Waals surface area contributed by atoms with Crippen LogP contribution in [0.5, 0.6) is 0 Å². The molecule has 0 aliphatic rings. The number of hydrogen-bond donors (Lipinski definition) is 2. The molecule has 3 aromatic rings. The van der Waals surface area contributed by atoms with E-state index in [9.17, 15) is 9.59 Å². The SMILES string of the molecule is CCn1c(SCC(=O)Nc2ccc(C(=O)NC)cc2)nnc1-c1ccco1. The predicted molar refractivity (Wildman–Crippen MR) is 103 cm³/mol. The lowest BCUT2D eigenvalue weighted by Gasteiger charge is -2.07. The standard InChI is InChI=1S/C18H19N5O3S/c1-3-23-16(14-5-4-10-26-14)21-22-18(23)27-11-15(24)20-13-8-6-12(7-9-13)17(25)19-2/h4-10H,3,11H2,1-2H3,(H,19,25)(H,20,24). The van der Waals surface area contributed by atoms with Crippen LogP contribution in [0.3, 0.4) is 0 Å². The first-order valence-corrected chi connectivity index (χ1v) is 9.32. The topological polar surface area (TPSA) is 102 Å². The molecule has 0 radical (unpaired) electrons. The maximum absolute atomic E-state index is 12.2. The largest absolute Gasteiger partial charge is 0.461 e. The summed E-state index contributed by atoms with van der Waals surface area (Å²) in [6, 6.07) is 10.3. The minimum atomic E-state index is -0.172. The van der Waals surface area contributed by atoms with Crippen molar-refractivity contribution in [1.82, 2.24) is 20.1 Å². The van der Waals surface area contributed by atoms with Crippen molar-refractivity contribution in [1.29, 1.82) is 0 Å². The van der Waals surface area contributed by atoms with Crippen LogP contribution < -0.4 is 10.6 Å². The summed E-state index contributed by atoms with van der Waals surface area (Å²) >= 11 is 1.30. The van der Waals surface area contributed by atoms with Gasteiger partial charge in [0.25, 0.3) is 5.91 Å². The van der Waals surface area contributed by atoms with Crippen molar-refractivity contribution in [3.05, 3.63) is 48.2 Å². The van der Waals surface area contributed by atoms with Crippen molar-refractivity contribution in [3.63, 3.8) is 0 Å². The van der Waals surface area contributed by atoms with Crippen LogP contribution in [0.2, 0.25) is 0 Å². The van der Waals surface area contributed by atoms with Crippen LogP contribution in [0.1, 0.15) is 17.3 Å². The van der Waals surface area contributed by atoms with Gasteiger partial charge in [-0.25, -0.2) is 0 Å². The van der Waals surface area contributed by atoms with Crippen molar-refractivity contribution in [2.75, 3.05) is 18.1 Å². The summed E-state index contributed by atoms with van der Waals surface area (Å²) < 4.78 is 7.27. The van der Waals surface area contributed by atoms with Gasteiger partial charge in [-0.3, -0.25) is 14.2 Å². The van der Waals surface area contributed by atoms with Gasteiger partial charge in [0, 0.05) is 24.8 Å². The van der Waals surface area contributed by atoms with E-state index in [-0.39, 0.29) is 17.6 Å². The van der Waals surface area contributed by atoms with Gasteiger partial charge < -0.3 is 15.1 Å². The average molecular weight is 385 g/mol. The molecule has 2 N–H and O–H groups in total. The molecule has 2 aromatic heterocycles. The highest BCUT2D eigenvalue weighted by molar-refractivity contribution is 7.99. The van der Waals surface area contributed by atoms with Gasteiger partial charge in [-0.2, -0.15) is 0 Å². The fourth-order valence-electron chi connectivity index (χ4n) is 2.45. The van der Waals surface area contributed by atoms with Crippen molar-refractivity contribution in [2.24, 2.45) is 0 Å². The summed E-state index contributed by atoms with van der Waals surface area (Å²) in [5.41, 5.74) is 1.16. The van der Waals surface area contributed by atoms with Crippen LogP contribution in [0.25, 0.3) is 11.6 Å². The lowest BCUT2D eigenvalue weighted by atomic mass is 10.2. The van der Waals surface area contributed by atoms with Gasteiger partial charge >= 0.3 is 0 Å². The minimum Gasteiger partial charge on any atom is -0.461 e. The number of thioether (sulfide) groups is 1. The summed E-state index contributed by atoms with van der Waals surface area (Å²) in [4.78, 5) is 23.7. The molecule has 0 aliphatic heterocycles. The molecule has 0 bridgehead atoms. The maximum atomic E-state index is 12.2. The van der Waals surface area contributed by atoms with E-state index in [0.717, 1.165) is 0 Å². The maximum Gasteiger partial charge on any atom is 0.251 e. The van der Waals surface area contributed by atoms with Crippen LogP contribution in [0.4, 0.5) is 5.69 Å². The fraction of sp³-hybridized carbons (Fsp3) is 0.222. The molecule has 0 saturated carbocycles. The number of furan rings is 1. The first-order valence-electron chi connectivity index (χ1n) is 8.34. The lowest BCUT2D eigenvalue weighted by Crippen LogP contribution is -2.18. The van der Waals surface area contributed by atoms with Gasteiger partial charge in [0.05, 0.1) is 12.0 Å². The molecule has 0 spiro atoms. The number of nitrogens with zero attached hydrogens (tertiary/aromatic N) is 3. The zero-order valence-corrected chi connectivity index (χ0v) is 15.7. The van der Waals surface area contributed by atoms with Crippen molar-refractivity contribution >= 4 is 29.3 Å². The highest BCUT2D eigenvalue weighted by atomic mass is 32.2. The summed E-state index contributed by atoms with van der Waals surface area (Å²) in [5, 5.41) is 14.3. The molecule has 0 atom stereocenters. The monoisotopic (exact) mass is 385 g/mol. The lowest BCUT2D eigenvalue weighted by molar-refractivity contribution is -0.113. The molecule has 0 unspecified atom stereocenters. The molecule has 2 heterocycles. The molecule has 0 fully saturated rings. The Labute approximate surface area is 160 Å². The third kappa shape index (κ3) is 4.37. The van der Waals surface area contributed by atoms with E-state index in [1.807, 2.05) is 17.6 Å². The van der Waals surface area contributed by atoms with E-state index in [0.29, 0.717) is 34.5 Å². The van der Waals surface area contributed by atoms with E-state index in [4.69, 9.17) is 4.42 Å². The van der Waals surface area contributed by atoms with Gasteiger partial charge in [0.2, 0.25) is 5.91 Å². The predicted octanol–water partition coefficient (Wildman–Crippen LogP) is 2.65. The number of amides is 2. The average Bonchev–Trinajstić information content (AvgIpc) is 3.35. The van der Waals surface area contributed by atoms with Gasteiger partial charge in [-0.15, -0.1) is 10.2 Å². The first-order chi connectivity index (χ1) is 13.1. The second kappa shape index (κ2) is 8.54. The Morgan fingerprint density at radius 3 is 2.59 bits per heavy atom. The highest BCUT2D eigenvalue weighted by Gasteiger charge is 2.16. The molecule has 1 aromatic carbocycles. The Kier molecular flexibility index (Phi) is 5.92. The zero-order valence-electron chi connectivity index (χ0n) is 14.9. The number of benzene rings is 1. The first kappa shape index (κ1) is 18.7. The number of carbonyl (C=O) groups is 2. The molecule has 27 heavy (non-hydrogen) atoms. The molecule has 9 heteroatoms. The summed E-state index contributed by atoms with van der Waals surface area (Å²) in [6.45, 7) is 2.64. The normalized spacial score (nSPS) is 10.6. The smallest absolute Gasteiger partial charge is 0.251 e. The molecule has 0 saturated heterocycles. The van der Waals surface area contributed by atoms with E-state index in [2.05, 4.69) is 20.8 Å². The van der Waals surface area contributed by atoms with Crippen LogP contribution in [-0.2, 0) is 11.3 Å². The number of carbonyl (C=O) groups excluding carboxylic acids is 2. The van der Waals surface area contributed by atoms with Crippen LogP contribution in [0.15, 0.2) is 52.2 Å². The Hall–Kier alpha value is -3.07. The number of rotatable bonds is 7. The van der Waals surface area contributed by atoms with Gasteiger partial charge in [-0.1, -0.05) is 11.8 Å². The quantitative estimate of drug-likeness (QED) is 0.606. The van der Waals surface area contributed by atoms with Crippen LogP contribution >= 0.6 is 11.8 Å². The van der Waals surface area contributed by atoms with Gasteiger partial charge in [-0.05, 0) is 43.3 Å². The molecular weight excluding hydrogens is 366 g/mol. The Morgan fingerprint density at radius 1 is 1.19 bits per heavy atom. The fourth-order valence-corrected chi connectivity index (χ4v) is 3.25. The molecule has 140 valence electrons. The molecule has 3 rings (SSSR count). The Morgan fingerprint density at radius 2 is 1.96 bits per heavy atom. The van der Waals surface area contributed by atoms with Crippen molar-refractivity contribution in [3.8, 4) is 11.6 Å². The molecule has 2 amide bonds. The number of anilines is 1. The van der Waals surface area contributed by atoms with Gasteiger partial charge in [0.1, 0.15) is 0 Å². The minimum absolute atomic E-state index is 0.169. The van der Waals surface area contributed by atoms with E-state index in [1.54, 1.807) is 43.6 Å². The third-order valence-corrected chi connectivity index (χ3v) is 4.73. The molecular formula is C18H19N5O3S. The van der Waals surface area contributed by atoms with E-state index < -0.39 is 0 Å². The van der Waals surface area contributed by atoms with E-state index >= 15 is 0 Å². The van der Waals surface area contributed by atoms with E-state index in [1.165, 1.54) is 11.8 Å². The zero-order chi connectivity index (χ0) is 19.2.